The molecule has 0 bridgehead atoms. The van der Waals surface area contributed by atoms with Crippen LogP contribution < -0.4 is 18.9 Å². The number of carboxylic acids is 1. The number of aromatic amines is 1. The molecule has 0 spiro atoms. The van der Waals surface area contributed by atoms with E-state index in [4.69, 9.17) is 28.4 Å². The van der Waals surface area contributed by atoms with Gasteiger partial charge in [-0.25, -0.2) is 9.97 Å². The number of aromatic nitrogens is 10. The number of H-pyrrole nitrogens is 1. The average Bonchev–Trinajstić information content (AvgIpc) is 3.93. The predicted molar refractivity (Wildman–Crippen MR) is 281 cm³/mol. The Labute approximate surface area is 434 Å². The van der Waals surface area contributed by atoms with Crippen molar-refractivity contribution in [1.82, 2.24) is 49.9 Å². The number of aryl methyl sites for hydroxylation is 2. The second-order valence-corrected chi connectivity index (χ2v) is 27.7. The molecule has 8 rings (SSSR count). The summed E-state index contributed by atoms with van der Waals surface area (Å²) in [4.78, 5) is 51.2. The second kappa shape index (κ2) is 23.2. The first-order valence-electron chi connectivity index (χ1n) is 25.4. The number of hydrogen-bond donors (Lipinski definition) is 2. The molecule has 6 aromatic heterocycles. The highest BCUT2D eigenvalue weighted by molar-refractivity contribution is 6.76. The molecule has 20 heteroatoms. The highest BCUT2D eigenvalue weighted by Gasteiger charge is 2.48. The third-order valence-electron chi connectivity index (χ3n) is 12.7. The van der Waals surface area contributed by atoms with Gasteiger partial charge in [0.1, 0.15) is 47.8 Å². The van der Waals surface area contributed by atoms with E-state index in [1.54, 1.807) is 29.5 Å². The monoisotopic (exact) mass is 1030 g/mol. The number of carbonyl (C=O) groups excluding carboxylic acids is 1. The molecule has 6 aromatic rings. The van der Waals surface area contributed by atoms with Crippen LogP contribution in [0.5, 0.6) is 23.8 Å². The molecule has 396 valence electrons. The van der Waals surface area contributed by atoms with Gasteiger partial charge in [-0.3, -0.25) is 24.7 Å². The number of rotatable bonds is 21. The van der Waals surface area contributed by atoms with Gasteiger partial charge in [-0.1, -0.05) is 44.6 Å². The summed E-state index contributed by atoms with van der Waals surface area (Å²) >= 11 is 0. The maximum atomic E-state index is 12.8. The Morgan fingerprint density at radius 2 is 1.31 bits per heavy atom. The van der Waals surface area contributed by atoms with E-state index < -0.39 is 30.5 Å². The van der Waals surface area contributed by atoms with Gasteiger partial charge >= 0.3 is 24.0 Å². The number of nitrogens with one attached hydrogen (secondary N) is 1. The van der Waals surface area contributed by atoms with E-state index in [1.807, 2.05) is 98.7 Å². The fourth-order valence-corrected chi connectivity index (χ4v) is 8.78. The Bertz CT molecular complexity index is 2850. The van der Waals surface area contributed by atoms with Crippen LogP contribution in [0, 0.1) is 24.7 Å². The fraction of sp³-hybridized carbons (Fsp3) is 0.519. The molecule has 2 N–H and O–H groups in total. The third-order valence-corrected chi connectivity index (χ3v) is 14.4. The van der Waals surface area contributed by atoms with Crippen molar-refractivity contribution < 1.29 is 43.1 Å². The molecule has 0 aliphatic heterocycles. The number of pyridine rings is 4. The van der Waals surface area contributed by atoms with Crippen molar-refractivity contribution in [3.05, 3.63) is 72.3 Å². The number of aliphatic carboxylic acids is 1. The lowest BCUT2D eigenvalue weighted by Crippen LogP contribution is -2.46. The van der Waals surface area contributed by atoms with E-state index in [0.29, 0.717) is 60.3 Å². The van der Waals surface area contributed by atoms with Crippen LogP contribution in [0.15, 0.2) is 61.2 Å². The Kier molecular flexibility index (Phi) is 17.2. The van der Waals surface area contributed by atoms with Crippen molar-refractivity contribution in [2.75, 3.05) is 19.8 Å². The van der Waals surface area contributed by atoms with E-state index in [9.17, 15) is 14.7 Å². The number of nitrogens with zero attached hydrogens (tertiary/aromatic N) is 9. The summed E-state index contributed by atoms with van der Waals surface area (Å²) in [5.41, 5.74) is 5.03. The lowest BCUT2D eigenvalue weighted by Gasteiger charge is -2.40. The first-order valence-corrected chi connectivity index (χ1v) is 29.1. The van der Waals surface area contributed by atoms with Crippen molar-refractivity contribution in [3.8, 4) is 69.1 Å². The number of hydrogen-bond acceptors (Lipinski definition) is 16. The molecule has 74 heavy (non-hydrogen) atoms. The van der Waals surface area contributed by atoms with Gasteiger partial charge in [-0.2, -0.15) is 14.6 Å². The van der Waals surface area contributed by atoms with Crippen molar-refractivity contribution >= 4 is 20.0 Å². The molecule has 0 unspecified atom stereocenters. The standard InChI is InChI=1S/C32H47N5O5Si.C22H25N5O4/c1-22(2)41-30-35-28(36-37(30)21-39-15-16-43(7,8)9)26-12-11-24(18-33-26)25-19-34-27(17-23(25)3)40-20-32(13-10-14-32)29(38)42-31(4,5)6;1-13(2)31-21-25-19(26-27-21)17-6-5-15(10-23-17)16-11-24-18(9-14(16)3)30-12-22(20(28)29)7-4-8-22/h11-12,17-19,22H,10,13-16,20-21H2,1-9H3;5-6,9-11,13H,4,7-8,12H2,1-3H3,(H,28,29)(H,25,26,27). The molecule has 6 heterocycles. The molecule has 0 saturated heterocycles. The number of carboxylic acid groups (broad SMARTS) is 1. The summed E-state index contributed by atoms with van der Waals surface area (Å²) in [6, 6.07) is 13.2. The topological polar surface area (TPSA) is 234 Å². The molecule has 2 saturated carbocycles. The maximum absolute atomic E-state index is 12.8. The summed E-state index contributed by atoms with van der Waals surface area (Å²) in [5, 5.41) is 20.9. The van der Waals surface area contributed by atoms with Gasteiger partial charge in [0.25, 0.3) is 0 Å². The molecule has 2 fully saturated rings. The Balaban J connectivity index is 0.000000227. The van der Waals surface area contributed by atoms with Crippen LogP contribution in [-0.2, 0) is 25.8 Å². The first kappa shape index (κ1) is 55.0. The van der Waals surface area contributed by atoms with Crippen molar-refractivity contribution in [2.45, 2.75) is 151 Å². The third kappa shape index (κ3) is 14.3. The average molecular weight is 1030 g/mol. The Hall–Kier alpha value is -6.80. The molecule has 0 radical (unpaired) electrons. The van der Waals surface area contributed by atoms with Crippen LogP contribution >= 0.6 is 0 Å². The van der Waals surface area contributed by atoms with E-state index in [-0.39, 0.29) is 44.1 Å². The maximum Gasteiger partial charge on any atom is 0.336 e. The lowest BCUT2D eigenvalue weighted by molar-refractivity contribution is -0.176. The number of esters is 1. The van der Waals surface area contributed by atoms with Gasteiger partial charge in [0.2, 0.25) is 17.6 Å². The van der Waals surface area contributed by atoms with Crippen LogP contribution in [0.25, 0.3) is 45.3 Å². The molecule has 0 aromatic carbocycles. The van der Waals surface area contributed by atoms with Crippen molar-refractivity contribution in [1.29, 1.82) is 0 Å². The van der Waals surface area contributed by atoms with E-state index in [2.05, 4.69) is 64.8 Å². The van der Waals surface area contributed by atoms with E-state index in [0.717, 1.165) is 65.1 Å². The van der Waals surface area contributed by atoms with Gasteiger partial charge < -0.3 is 33.5 Å². The van der Waals surface area contributed by atoms with Gasteiger partial charge in [0.05, 0.1) is 12.2 Å². The Morgan fingerprint density at radius 1 is 0.757 bits per heavy atom. The minimum atomic E-state index is -1.19. The number of carbonyl (C=O) groups is 2. The van der Waals surface area contributed by atoms with Gasteiger partial charge in [0, 0.05) is 73.9 Å². The fourth-order valence-electron chi connectivity index (χ4n) is 8.02. The number of ether oxygens (including phenoxy) is 6. The quantitative estimate of drug-likeness (QED) is 0.0387. The molecule has 0 amide bonds. The van der Waals surface area contributed by atoms with E-state index in [1.165, 1.54) is 0 Å². The zero-order chi connectivity index (χ0) is 53.4. The minimum absolute atomic E-state index is 0.00945. The molecular weight excluding hydrogens is 961 g/mol. The van der Waals surface area contributed by atoms with Gasteiger partial charge in [-0.05, 0) is 117 Å². The predicted octanol–water partition coefficient (Wildman–Crippen LogP) is 10.4. The van der Waals surface area contributed by atoms with Crippen molar-refractivity contribution in [2.24, 2.45) is 10.8 Å². The van der Waals surface area contributed by atoms with Crippen LogP contribution in [0.3, 0.4) is 0 Å². The highest BCUT2D eigenvalue weighted by atomic mass is 28.3. The normalized spacial score (nSPS) is 14.8. The molecule has 0 atom stereocenters. The second-order valence-electron chi connectivity index (χ2n) is 22.1. The summed E-state index contributed by atoms with van der Waals surface area (Å²) < 4.78 is 36.3. The lowest BCUT2D eigenvalue weighted by atomic mass is 9.69. The van der Waals surface area contributed by atoms with E-state index >= 15 is 0 Å². The SMILES string of the molecule is Cc1cc(OCC2(C(=O)O)CCC2)ncc1-c1ccc(-c2nc(OC(C)C)n[nH]2)nc1.Cc1cc(OCC2(C(=O)OC(C)(C)C)CCC2)ncc1-c1ccc(-c2nc(OC(C)C)n(COCC[Si](C)(C)C)n2)nc1. The zero-order valence-corrected chi connectivity index (χ0v) is 45.9. The largest absolute Gasteiger partial charge is 0.481 e. The molecule has 2 aliphatic carbocycles. The summed E-state index contributed by atoms with van der Waals surface area (Å²) in [7, 11) is -1.19. The van der Waals surface area contributed by atoms with Crippen LogP contribution in [0.2, 0.25) is 25.7 Å². The zero-order valence-electron chi connectivity index (χ0n) is 44.9. The molecular formula is C54H72N10O9Si. The summed E-state index contributed by atoms with van der Waals surface area (Å²) in [5.74, 6) is 0.932. The van der Waals surface area contributed by atoms with Crippen molar-refractivity contribution in [3.63, 3.8) is 0 Å². The first-order chi connectivity index (χ1) is 35.0. The Morgan fingerprint density at radius 3 is 1.77 bits per heavy atom. The summed E-state index contributed by atoms with van der Waals surface area (Å²) in [6.07, 6.45) is 11.7. The van der Waals surface area contributed by atoms with Crippen LogP contribution in [-0.4, -0.2) is 113 Å². The van der Waals surface area contributed by atoms with Crippen LogP contribution in [0.4, 0.5) is 0 Å². The minimum Gasteiger partial charge on any atom is -0.481 e. The van der Waals surface area contributed by atoms with Crippen LogP contribution in [0.1, 0.15) is 98.1 Å². The molecule has 2 aliphatic rings. The summed E-state index contributed by atoms with van der Waals surface area (Å²) in [6.45, 7) is 25.7. The van der Waals surface area contributed by atoms with Gasteiger partial charge in [-0.15, -0.1) is 10.2 Å². The highest BCUT2D eigenvalue weighted by Crippen LogP contribution is 2.44. The smallest absolute Gasteiger partial charge is 0.336 e. The molecule has 19 nitrogen and oxygen atoms in total. The van der Waals surface area contributed by atoms with Gasteiger partial charge in [0.15, 0.2) is 5.82 Å².